The van der Waals surface area contributed by atoms with Crippen LogP contribution in [0.5, 0.6) is 0 Å². The Labute approximate surface area is 191 Å². The average Bonchev–Trinajstić information content (AvgIpc) is 2.74. The van der Waals surface area contributed by atoms with Gasteiger partial charge in [-0.1, -0.05) is 26.3 Å². The number of alkyl halides is 3. The van der Waals surface area contributed by atoms with Gasteiger partial charge in [0.2, 0.25) is 0 Å². The number of rotatable bonds is 7. The van der Waals surface area contributed by atoms with E-state index in [4.69, 9.17) is 0 Å². The lowest BCUT2D eigenvalue weighted by atomic mass is 9.96. The number of hydrogen-bond acceptors (Lipinski definition) is 6. The monoisotopic (exact) mass is 462 g/mol. The first-order chi connectivity index (χ1) is 15.6. The second kappa shape index (κ2) is 10.3. The predicted molar refractivity (Wildman–Crippen MR) is 119 cm³/mol. The molecule has 178 valence electrons. The summed E-state index contributed by atoms with van der Waals surface area (Å²) in [5, 5.41) is 15.3. The number of aromatic nitrogens is 3. The van der Waals surface area contributed by atoms with Crippen LogP contribution in [-0.2, 0) is 6.42 Å². The van der Waals surface area contributed by atoms with E-state index in [1.54, 1.807) is 24.1 Å². The van der Waals surface area contributed by atoms with E-state index in [9.17, 15) is 23.2 Å². The van der Waals surface area contributed by atoms with Crippen molar-refractivity contribution < 1.29 is 13.2 Å². The summed E-state index contributed by atoms with van der Waals surface area (Å²) in [5.74, 6) is 0.475. The first-order valence-corrected chi connectivity index (χ1v) is 11.1. The lowest BCUT2D eigenvalue weighted by molar-refractivity contribution is -0.188. The molecule has 0 bridgehead atoms. The van der Waals surface area contributed by atoms with Crippen LogP contribution < -0.4 is 10.5 Å². The number of pyridine rings is 1. The van der Waals surface area contributed by atoms with Gasteiger partial charge in [-0.3, -0.25) is 14.7 Å². The average molecular weight is 463 g/mol. The summed E-state index contributed by atoms with van der Waals surface area (Å²) in [5.41, 5.74) is 0.329. The molecule has 1 aliphatic rings. The minimum Gasteiger partial charge on any atom is -0.364 e. The fourth-order valence-electron chi connectivity index (χ4n) is 4.46. The standard InChI is InChI=1S/C23H29F3N6O/c1-15(2)6-4-8-19-17(7-5-9-28-19)21(23(24,25)26)31-10-11-32(16(3)14-31)20-13-29-30-22(33)18(20)12-27/h5,7,9,13,15-16,21H,4,6,8,10-11,14H2,1-3H3,(H,30,33). The van der Waals surface area contributed by atoms with Gasteiger partial charge in [0.25, 0.3) is 5.56 Å². The van der Waals surface area contributed by atoms with E-state index < -0.39 is 17.8 Å². The van der Waals surface area contributed by atoms with E-state index in [1.165, 1.54) is 17.2 Å². The number of hydrogen-bond donors (Lipinski definition) is 1. The Morgan fingerprint density at radius 1 is 1.33 bits per heavy atom. The van der Waals surface area contributed by atoms with Crippen LogP contribution in [0.3, 0.4) is 0 Å². The molecule has 10 heteroatoms. The zero-order valence-corrected chi connectivity index (χ0v) is 19.1. The molecule has 0 spiro atoms. The second-order valence-electron chi connectivity index (χ2n) is 8.88. The van der Waals surface area contributed by atoms with Crippen LogP contribution in [0.4, 0.5) is 18.9 Å². The molecule has 1 fully saturated rings. The third-order valence-corrected chi connectivity index (χ3v) is 6.01. The van der Waals surface area contributed by atoms with E-state index in [-0.39, 0.29) is 36.8 Å². The molecule has 1 aliphatic heterocycles. The molecule has 0 saturated carbocycles. The highest BCUT2D eigenvalue weighted by atomic mass is 19.4. The van der Waals surface area contributed by atoms with Gasteiger partial charge >= 0.3 is 6.18 Å². The zero-order valence-electron chi connectivity index (χ0n) is 19.1. The van der Waals surface area contributed by atoms with Crippen LogP contribution in [0.2, 0.25) is 0 Å². The van der Waals surface area contributed by atoms with Crippen molar-refractivity contribution in [2.75, 3.05) is 24.5 Å². The summed E-state index contributed by atoms with van der Waals surface area (Å²) in [6, 6.07) is 2.83. The van der Waals surface area contributed by atoms with Crippen molar-refractivity contribution in [2.45, 2.75) is 58.3 Å². The molecule has 0 amide bonds. The maximum absolute atomic E-state index is 14.4. The number of nitriles is 1. The Kier molecular flexibility index (Phi) is 7.74. The van der Waals surface area contributed by atoms with Gasteiger partial charge in [0.05, 0.1) is 11.9 Å². The zero-order chi connectivity index (χ0) is 24.2. The number of aryl methyl sites for hydroxylation is 1. The van der Waals surface area contributed by atoms with Gasteiger partial charge in [-0.15, -0.1) is 0 Å². The summed E-state index contributed by atoms with van der Waals surface area (Å²) in [4.78, 5) is 19.4. The van der Waals surface area contributed by atoms with Crippen molar-refractivity contribution in [3.63, 3.8) is 0 Å². The van der Waals surface area contributed by atoms with Crippen LogP contribution in [0.15, 0.2) is 29.3 Å². The van der Waals surface area contributed by atoms with E-state index in [2.05, 4.69) is 29.0 Å². The molecule has 2 unspecified atom stereocenters. The minimum absolute atomic E-state index is 0.0858. The normalized spacial score (nSPS) is 18.4. The molecule has 2 atom stereocenters. The van der Waals surface area contributed by atoms with Crippen LogP contribution in [0, 0.1) is 17.2 Å². The van der Waals surface area contributed by atoms with Gasteiger partial charge in [-0.05, 0) is 37.3 Å². The van der Waals surface area contributed by atoms with Crippen molar-refractivity contribution in [1.82, 2.24) is 20.1 Å². The highest BCUT2D eigenvalue weighted by Crippen LogP contribution is 2.40. The third-order valence-electron chi connectivity index (χ3n) is 6.01. The molecule has 7 nitrogen and oxygen atoms in total. The minimum atomic E-state index is -4.47. The summed E-state index contributed by atoms with van der Waals surface area (Å²) in [6.45, 7) is 6.43. The van der Waals surface area contributed by atoms with Crippen molar-refractivity contribution in [2.24, 2.45) is 5.92 Å². The molecule has 3 heterocycles. The summed E-state index contributed by atoms with van der Waals surface area (Å²) >= 11 is 0. The van der Waals surface area contributed by atoms with E-state index >= 15 is 0 Å². The van der Waals surface area contributed by atoms with Gasteiger partial charge in [-0.2, -0.15) is 23.5 Å². The summed E-state index contributed by atoms with van der Waals surface area (Å²) in [6.07, 6.45) is 0.658. The Bertz CT molecular complexity index is 1050. The predicted octanol–water partition coefficient (Wildman–Crippen LogP) is 3.83. The quantitative estimate of drug-likeness (QED) is 0.673. The van der Waals surface area contributed by atoms with Crippen LogP contribution in [-0.4, -0.2) is 51.9 Å². The topological polar surface area (TPSA) is 88.9 Å². The van der Waals surface area contributed by atoms with Crippen LogP contribution >= 0.6 is 0 Å². The first kappa shape index (κ1) is 24.7. The Morgan fingerprint density at radius 2 is 2.09 bits per heavy atom. The van der Waals surface area contributed by atoms with E-state index in [0.29, 0.717) is 23.7 Å². The Hall–Kier alpha value is -2.93. The lowest BCUT2D eigenvalue weighted by Gasteiger charge is -2.44. The first-order valence-electron chi connectivity index (χ1n) is 11.1. The highest BCUT2D eigenvalue weighted by Gasteiger charge is 2.47. The van der Waals surface area contributed by atoms with Crippen LogP contribution in [0.1, 0.15) is 56.5 Å². The maximum atomic E-state index is 14.4. The van der Waals surface area contributed by atoms with Gasteiger partial charge in [0, 0.05) is 37.6 Å². The molecule has 1 saturated heterocycles. The number of piperazine rings is 1. The molecule has 2 aromatic rings. The van der Waals surface area contributed by atoms with Crippen molar-refractivity contribution in [1.29, 1.82) is 5.26 Å². The van der Waals surface area contributed by atoms with Crippen molar-refractivity contribution in [3.8, 4) is 6.07 Å². The molecule has 3 rings (SSSR count). The van der Waals surface area contributed by atoms with Gasteiger partial charge in [0.15, 0.2) is 0 Å². The number of H-pyrrole nitrogens is 1. The highest BCUT2D eigenvalue weighted by molar-refractivity contribution is 5.57. The summed E-state index contributed by atoms with van der Waals surface area (Å²) in [7, 11) is 0. The van der Waals surface area contributed by atoms with E-state index in [0.717, 1.165) is 12.8 Å². The molecular weight excluding hydrogens is 433 g/mol. The fourth-order valence-corrected chi connectivity index (χ4v) is 4.46. The molecule has 33 heavy (non-hydrogen) atoms. The van der Waals surface area contributed by atoms with Gasteiger partial charge in [-0.25, -0.2) is 5.10 Å². The number of nitrogens with one attached hydrogen (secondary N) is 1. The number of nitrogens with zero attached hydrogens (tertiary/aromatic N) is 5. The van der Waals surface area contributed by atoms with Crippen molar-refractivity contribution in [3.05, 3.63) is 51.7 Å². The maximum Gasteiger partial charge on any atom is 0.408 e. The Balaban J connectivity index is 1.87. The molecule has 1 N–H and O–H groups in total. The van der Waals surface area contributed by atoms with Crippen molar-refractivity contribution >= 4 is 5.69 Å². The third kappa shape index (κ3) is 5.71. The number of anilines is 1. The fraction of sp³-hybridized carbons (Fsp3) is 0.565. The second-order valence-corrected chi connectivity index (χ2v) is 8.88. The smallest absolute Gasteiger partial charge is 0.364 e. The Morgan fingerprint density at radius 3 is 2.73 bits per heavy atom. The van der Waals surface area contributed by atoms with Gasteiger partial charge < -0.3 is 4.90 Å². The molecule has 2 aromatic heterocycles. The van der Waals surface area contributed by atoms with Crippen LogP contribution in [0.25, 0.3) is 0 Å². The molecular formula is C23H29F3N6O. The molecule has 0 aromatic carbocycles. The number of halogens is 3. The molecule has 0 radical (unpaired) electrons. The lowest BCUT2D eigenvalue weighted by Crippen LogP contribution is -2.55. The largest absolute Gasteiger partial charge is 0.408 e. The number of aromatic amines is 1. The van der Waals surface area contributed by atoms with Gasteiger partial charge in [0.1, 0.15) is 17.7 Å². The summed E-state index contributed by atoms with van der Waals surface area (Å²) < 4.78 is 43.1. The van der Waals surface area contributed by atoms with E-state index in [1.807, 2.05) is 6.07 Å². The SMILES string of the molecule is CC(C)CCCc1ncccc1C(N1CCN(c2cn[nH]c(=O)c2C#N)C(C)C1)C(F)(F)F. The molecule has 0 aliphatic carbocycles.